The number of aliphatic hydroxyl groups excluding tert-OH is 2. The number of anilines is 1. The molecule has 2 N–H and O–H groups in total. The molecular weight excluding hydrogens is 259 g/mol. The summed E-state index contributed by atoms with van der Waals surface area (Å²) in [6.07, 6.45) is -4.52. The molecule has 1 aromatic rings. The maximum absolute atomic E-state index is 12.9. The lowest BCUT2D eigenvalue weighted by Gasteiger charge is -2.36. The number of aliphatic hydroxyl groups is 2. The van der Waals surface area contributed by atoms with Crippen molar-refractivity contribution in [1.82, 2.24) is 0 Å². The van der Waals surface area contributed by atoms with Crippen molar-refractivity contribution in [3.8, 4) is 0 Å². The predicted molar refractivity (Wildman–Crippen MR) is 66.9 cm³/mol. The van der Waals surface area contributed by atoms with E-state index >= 15 is 0 Å². The molecule has 0 fully saturated rings. The minimum absolute atomic E-state index is 0.161. The fourth-order valence-corrected chi connectivity index (χ4v) is 1.63. The van der Waals surface area contributed by atoms with Gasteiger partial charge in [0.2, 0.25) is 0 Å². The number of nitrogens with zero attached hydrogens (tertiary/aromatic N) is 1. The fraction of sp³-hybridized carbons (Fsp3) is 0.538. The van der Waals surface area contributed by atoms with Gasteiger partial charge in [-0.3, -0.25) is 0 Å². The first-order chi connectivity index (χ1) is 8.63. The molecular formula is C13H18F3NO2. The Hall–Kier alpha value is -1.27. The van der Waals surface area contributed by atoms with Crippen LogP contribution in [-0.2, 0) is 12.8 Å². The largest absolute Gasteiger partial charge is 0.416 e. The lowest BCUT2D eigenvalue weighted by molar-refractivity contribution is -0.138. The average Bonchev–Trinajstić information content (AvgIpc) is 2.36. The van der Waals surface area contributed by atoms with E-state index in [1.807, 2.05) is 0 Å². The zero-order chi connectivity index (χ0) is 14.8. The van der Waals surface area contributed by atoms with Crippen LogP contribution < -0.4 is 4.90 Å². The first-order valence-electron chi connectivity index (χ1n) is 5.79. The summed E-state index contributed by atoms with van der Waals surface area (Å²) >= 11 is 0. The van der Waals surface area contributed by atoms with Crippen molar-refractivity contribution in [2.24, 2.45) is 0 Å². The van der Waals surface area contributed by atoms with Crippen LogP contribution in [0.1, 0.15) is 25.0 Å². The molecule has 0 radical (unpaired) electrons. The molecule has 0 aliphatic carbocycles. The molecule has 6 heteroatoms. The predicted octanol–water partition coefficient (Wildman–Crippen LogP) is 2.40. The first kappa shape index (κ1) is 15.8. The third kappa shape index (κ3) is 3.39. The van der Waals surface area contributed by atoms with Gasteiger partial charge in [-0.25, -0.2) is 0 Å². The highest BCUT2D eigenvalue weighted by Crippen LogP contribution is 2.35. The molecule has 0 saturated carbocycles. The first-order valence-corrected chi connectivity index (χ1v) is 5.79. The summed E-state index contributed by atoms with van der Waals surface area (Å²) in [6.45, 7) is 2.59. The van der Waals surface area contributed by atoms with E-state index in [9.17, 15) is 18.3 Å². The van der Waals surface area contributed by atoms with E-state index in [1.54, 1.807) is 25.8 Å². The second-order valence-corrected chi connectivity index (χ2v) is 5.03. The van der Waals surface area contributed by atoms with Crippen LogP contribution >= 0.6 is 0 Å². The highest BCUT2D eigenvalue weighted by Gasteiger charge is 2.34. The van der Waals surface area contributed by atoms with Gasteiger partial charge in [-0.15, -0.1) is 0 Å². The highest BCUT2D eigenvalue weighted by molar-refractivity contribution is 5.53. The van der Waals surface area contributed by atoms with Gasteiger partial charge in [0.25, 0.3) is 0 Å². The maximum Gasteiger partial charge on any atom is 0.416 e. The maximum atomic E-state index is 12.9. The molecule has 0 atom stereocenters. The summed E-state index contributed by atoms with van der Waals surface area (Å²) in [5.74, 6) is 0. The molecule has 19 heavy (non-hydrogen) atoms. The topological polar surface area (TPSA) is 43.7 Å². The van der Waals surface area contributed by atoms with Crippen molar-refractivity contribution >= 4 is 5.69 Å². The molecule has 0 heterocycles. The van der Waals surface area contributed by atoms with Crippen LogP contribution in [0.2, 0.25) is 0 Å². The minimum atomic E-state index is -4.52. The lowest BCUT2D eigenvalue weighted by Crippen LogP contribution is -2.44. The smallest absolute Gasteiger partial charge is 0.394 e. The number of rotatable bonds is 4. The van der Waals surface area contributed by atoms with Gasteiger partial charge in [0.15, 0.2) is 0 Å². The SMILES string of the molecule is CN(c1ccc(CO)c(C(F)(F)F)c1)C(C)(C)CO. The zero-order valence-corrected chi connectivity index (χ0v) is 11.1. The summed E-state index contributed by atoms with van der Waals surface area (Å²) in [4.78, 5) is 1.57. The minimum Gasteiger partial charge on any atom is -0.394 e. The number of hydrogen-bond acceptors (Lipinski definition) is 3. The number of benzene rings is 1. The number of alkyl halides is 3. The molecule has 0 bridgehead atoms. The van der Waals surface area contributed by atoms with Gasteiger partial charge < -0.3 is 15.1 Å². The van der Waals surface area contributed by atoms with Crippen molar-refractivity contribution in [3.05, 3.63) is 29.3 Å². The van der Waals surface area contributed by atoms with Crippen LogP contribution in [-0.4, -0.2) is 29.4 Å². The van der Waals surface area contributed by atoms with E-state index in [4.69, 9.17) is 5.11 Å². The Bertz CT molecular complexity index is 444. The summed E-state index contributed by atoms with van der Waals surface area (Å²) in [6, 6.07) is 3.74. The molecule has 0 aliphatic rings. The van der Waals surface area contributed by atoms with Gasteiger partial charge >= 0.3 is 6.18 Å². The monoisotopic (exact) mass is 277 g/mol. The van der Waals surface area contributed by atoms with Crippen molar-refractivity contribution < 1.29 is 23.4 Å². The Labute approximate surface area is 110 Å². The second kappa shape index (κ2) is 5.38. The Morgan fingerprint density at radius 3 is 2.16 bits per heavy atom. The molecule has 1 aromatic carbocycles. The average molecular weight is 277 g/mol. The van der Waals surface area contributed by atoms with Crippen LogP contribution in [0.5, 0.6) is 0 Å². The van der Waals surface area contributed by atoms with Gasteiger partial charge in [0.1, 0.15) is 0 Å². The lowest BCUT2D eigenvalue weighted by atomic mass is 10.0. The second-order valence-electron chi connectivity index (χ2n) is 5.03. The van der Waals surface area contributed by atoms with E-state index in [2.05, 4.69) is 0 Å². The molecule has 0 unspecified atom stereocenters. The summed E-state index contributed by atoms with van der Waals surface area (Å²) < 4.78 is 38.6. The van der Waals surface area contributed by atoms with Crippen LogP contribution in [0.3, 0.4) is 0 Å². The third-order valence-electron chi connectivity index (χ3n) is 3.25. The van der Waals surface area contributed by atoms with Crippen molar-refractivity contribution in [1.29, 1.82) is 0 Å². The molecule has 0 aliphatic heterocycles. The third-order valence-corrected chi connectivity index (χ3v) is 3.25. The molecule has 0 saturated heterocycles. The molecule has 1 rings (SSSR count). The van der Waals surface area contributed by atoms with Crippen molar-refractivity contribution in [2.45, 2.75) is 32.2 Å². The van der Waals surface area contributed by atoms with Gasteiger partial charge in [-0.1, -0.05) is 6.07 Å². The van der Waals surface area contributed by atoms with Crippen LogP contribution in [0.15, 0.2) is 18.2 Å². The molecule has 3 nitrogen and oxygen atoms in total. The Morgan fingerprint density at radius 2 is 1.74 bits per heavy atom. The highest BCUT2D eigenvalue weighted by atomic mass is 19.4. The van der Waals surface area contributed by atoms with E-state index in [-0.39, 0.29) is 12.2 Å². The summed E-state index contributed by atoms with van der Waals surface area (Å²) in [5, 5.41) is 18.2. The summed E-state index contributed by atoms with van der Waals surface area (Å²) in [7, 11) is 1.62. The molecule has 0 spiro atoms. The number of hydrogen-bond donors (Lipinski definition) is 2. The van der Waals surface area contributed by atoms with Gasteiger partial charge in [0, 0.05) is 12.7 Å². The molecule has 0 aromatic heterocycles. The zero-order valence-electron chi connectivity index (χ0n) is 11.1. The van der Waals surface area contributed by atoms with E-state index in [1.165, 1.54) is 12.1 Å². The Kier molecular flexibility index (Phi) is 4.47. The normalized spacial score (nSPS) is 12.6. The van der Waals surface area contributed by atoms with Crippen molar-refractivity contribution in [2.75, 3.05) is 18.6 Å². The van der Waals surface area contributed by atoms with Crippen LogP contribution in [0, 0.1) is 0 Å². The molecule has 0 amide bonds. The standard InChI is InChI=1S/C13H18F3NO2/c1-12(2,8-19)17(3)10-5-4-9(7-18)11(6-10)13(14,15)16/h4-6,18-19H,7-8H2,1-3H3. The van der Waals surface area contributed by atoms with Crippen LogP contribution in [0.25, 0.3) is 0 Å². The van der Waals surface area contributed by atoms with E-state index in [0.717, 1.165) is 6.07 Å². The number of halogens is 3. The van der Waals surface area contributed by atoms with E-state index < -0.39 is 23.9 Å². The number of likely N-dealkylation sites (N-methyl/N-ethyl adjacent to an activating group) is 1. The van der Waals surface area contributed by atoms with Crippen molar-refractivity contribution in [3.63, 3.8) is 0 Å². The fourth-order valence-electron chi connectivity index (χ4n) is 1.63. The van der Waals surface area contributed by atoms with Crippen LogP contribution in [0.4, 0.5) is 18.9 Å². The van der Waals surface area contributed by atoms with Gasteiger partial charge in [-0.2, -0.15) is 13.2 Å². The van der Waals surface area contributed by atoms with E-state index in [0.29, 0.717) is 5.69 Å². The Balaban J connectivity index is 3.26. The quantitative estimate of drug-likeness (QED) is 0.888. The molecule has 108 valence electrons. The summed E-state index contributed by atoms with van der Waals surface area (Å²) in [5.41, 5.74) is -1.35. The van der Waals surface area contributed by atoms with Gasteiger partial charge in [-0.05, 0) is 31.5 Å². The Morgan fingerprint density at radius 1 is 1.16 bits per heavy atom. The van der Waals surface area contributed by atoms with Gasteiger partial charge in [0.05, 0.1) is 24.3 Å².